The highest BCUT2D eigenvalue weighted by Gasteiger charge is 2.23. The predicted octanol–water partition coefficient (Wildman–Crippen LogP) is 0.863. The maximum Gasteiger partial charge on any atom is 0.266 e. The molecule has 0 amide bonds. The third-order valence-electron chi connectivity index (χ3n) is 3.40. The highest BCUT2D eigenvalue weighted by molar-refractivity contribution is 7.93. The number of benzene rings is 1. The standard InChI is InChI=1S/C14H17N5O5S2/c1-4-25(20,21)17-11-5-6-13(12(7-11)24-3)26(22,23)18-14-10(8-15)9-16-19(14)2/h5-7,9,17-18H,4H2,1-3H3. The fourth-order valence-electron chi connectivity index (χ4n) is 2.03. The summed E-state index contributed by atoms with van der Waals surface area (Å²) in [6.07, 6.45) is 1.23. The van der Waals surface area contributed by atoms with Gasteiger partial charge in [-0.15, -0.1) is 0 Å². The summed E-state index contributed by atoms with van der Waals surface area (Å²) in [7, 11) is -4.89. The molecule has 0 spiro atoms. The molecule has 0 radical (unpaired) electrons. The van der Waals surface area contributed by atoms with Gasteiger partial charge in [0.2, 0.25) is 10.0 Å². The summed E-state index contributed by atoms with van der Waals surface area (Å²) >= 11 is 0. The number of hydrogen-bond acceptors (Lipinski definition) is 7. The number of ether oxygens (including phenoxy) is 1. The van der Waals surface area contributed by atoms with Gasteiger partial charge in [0.1, 0.15) is 22.3 Å². The van der Waals surface area contributed by atoms with E-state index in [0.29, 0.717) is 0 Å². The van der Waals surface area contributed by atoms with Crippen LogP contribution in [0.1, 0.15) is 12.5 Å². The molecule has 0 aliphatic heterocycles. The van der Waals surface area contributed by atoms with Gasteiger partial charge in [-0.3, -0.25) is 14.1 Å². The van der Waals surface area contributed by atoms with E-state index in [2.05, 4.69) is 14.5 Å². The number of nitrogens with zero attached hydrogens (tertiary/aromatic N) is 3. The van der Waals surface area contributed by atoms with E-state index in [-0.39, 0.29) is 33.5 Å². The third kappa shape index (κ3) is 4.06. The molecule has 0 atom stereocenters. The van der Waals surface area contributed by atoms with Gasteiger partial charge < -0.3 is 4.74 Å². The summed E-state index contributed by atoms with van der Waals surface area (Å²) in [6, 6.07) is 5.61. The number of methoxy groups -OCH3 is 1. The lowest BCUT2D eigenvalue weighted by molar-refractivity contribution is 0.403. The molecule has 0 bridgehead atoms. The van der Waals surface area contributed by atoms with Gasteiger partial charge in [0, 0.05) is 13.1 Å². The van der Waals surface area contributed by atoms with Crippen molar-refractivity contribution in [3.8, 4) is 11.8 Å². The molecule has 0 aliphatic carbocycles. The number of rotatable bonds is 7. The quantitative estimate of drug-likeness (QED) is 0.703. The maximum atomic E-state index is 12.7. The molecule has 0 saturated heterocycles. The summed E-state index contributed by atoms with van der Waals surface area (Å²) in [5.74, 6) is -0.186. The SMILES string of the molecule is CCS(=O)(=O)Nc1ccc(S(=O)(=O)Nc2c(C#N)cnn2C)c(OC)c1. The Bertz CT molecular complexity index is 1070. The van der Waals surface area contributed by atoms with Gasteiger partial charge in [0.15, 0.2) is 5.82 Å². The molecule has 2 rings (SSSR count). The van der Waals surface area contributed by atoms with Crippen molar-refractivity contribution >= 4 is 31.6 Å². The summed E-state index contributed by atoms with van der Waals surface area (Å²) in [5, 5.41) is 12.9. The summed E-state index contributed by atoms with van der Waals surface area (Å²) in [5.41, 5.74) is 0.225. The van der Waals surface area contributed by atoms with Crippen LogP contribution < -0.4 is 14.2 Å². The van der Waals surface area contributed by atoms with Crippen molar-refractivity contribution in [2.45, 2.75) is 11.8 Å². The first-order valence-corrected chi connectivity index (χ1v) is 10.4. The average molecular weight is 399 g/mol. The Labute approximate surface area is 151 Å². The molecule has 26 heavy (non-hydrogen) atoms. The van der Waals surface area contributed by atoms with E-state index in [1.807, 2.05) is 6.07 Å². The van der Waals surface area contributed by atoms with Gasteiger partial charge in [-0.1, -0.05) is 0 Å². The Morgan fingerprint density at radius 3 is 2.54 bits per heavy atom. The number of nitrogens with one attached hydrogen (secondary N) is 2. The first-order chi connectivity index (χ1) is 12.1. The van der Waals surface area contributed by atoms with Crippen LogP contribution in [0.3, 0.4) is 0 Å². The normalized spacial score (nSPS) is 11.6. The lowest BCUT2D eigenvalue weighted by Gasteiger charge is -2.14. The largest absolute Gasteiger partial charge is 0.495 e. The van der Waals surface area contributed by atoms with Crippen molar-refractivity contribution in [1.29, 1.82) is 5.26 Å². The maximum absolute atomic E-state index is 12.7. The molecular weight excluding hydrogens is 382 g/mol. The van der Waals surface area contributed by atoms with Gasteiger partial charge in [-0.2, -0.15) is 10.4 Å². The van der Waals surface area contributed by atoms with Crippen LogP contribution in [0.2, 0.25) is 0 Å². The lowest BCUT2D eigenvalue weighted by atomic mass is 10.3. The minimum Gasteiger partial charge on any atom is -0.495 e. The number of nitriles is 1. The van der Waals surface area contributed by atoms with E-state index < -0.39 is 20.0 Å². The molecule has 140 valence electrons. The van der Waals surface area contributed by atoms with Crippen molar-refractivity contribution in [3.05, 3.63) is 30.0 Å². The summed E-state index contributed by atoms with van der Waals surface area (Å²) < 4.78 is 59.5. The van der Waals surface area contributed by atoms with Crippen molar-refractivity contribution in [2.24, 2.45) is 7.05 Å². The predicted molar refractivity (Wildman–Crippen MR) is 94.8 cm³/mol. The fraction of sp³-hybridized carbons (Fsp3) is 0.286. The zero-order valence-electron chi connectivity index (χ0n) is 14.2. The van der Waals surface area contributed by atoms with E-state index in [9.17, 15) is 16.8 Å². The first kappa shape index (κ1) is 19.5. The number of sulfonamides is 2. The molecule has 12 heteroatoms. The van der Waals surface area contributed by atoms with Gasteiger partial charge in [0.25, 0.3) is 10.0 Å². The van der Waals surface area contributed by atoms with E-state index in [0.717, 1.165) is 0 Å². The van der Waals surface area contributed by atoms with Crippen LogP contribution in [0.4, 0.5) is 11.5 Å². The van der Waals surface area contributed by atoms with Crippen LogP contribution in [0.15, 0.2) is 29.3 Å². The van der Waals surface area contributed by atoms with Crippen LogP contribution in [0, 0.1) is 11.3 Å². The molecule has 0 aliphatic rings. The molecule has 0 unspecified atom stereocenters. The second-order valence-corrected chi connectivity index (χ2v) is 8.78. The van der Waals surface area contributed by atoms with E-state index in [4.69, 9.17) is 10.00 Å². The minimum atomic E-state index is -4.11. The monoisotopic (exact) mass is 399 g/mol. The molecule has 2 aromatic rings. The molecule has 0 saturated carbocycles. The van der Waals surface area contributed by atoms with Crippen LogP contribution in [0.5, 0.6) is 5.75 Å². The Kier molecular flexibility index (Phi) is 5.43. The number of anilines is 2. The van der Waals surface area contributed by atoms with Crippen molar-refractivity contribution in [1.82, 2.24) is 9.78 Å². The van der Waals surface area contributed by atoms with Crippen LogP contribution in [0.25, 0.3) is 0 Å². The minimum absolute atomic E-state index is 0.00492. The summed E-state index contributed by atoms with van der Waals surface area (Å²) in [4.78, 5) is -0.218. The molecule has 1 aromatic carbocycles. The molecule has 1 aromatic heterocycles. The Morgan fingerprint density at radius 1 is 1.27 bits per heavy atom. The number of aryl methyl sites for hydroxylation is 1. The molecule has 10 nitrogen and oxygen atoms in total. The molecule has 1 heterocycles. The first-order valence-electron chi connectivity index (χ1n) is 7.27. The zero-order valence-corrected chi connectivity index (χ0v) is 15.8. The second-order valence-electron chi connectivity index (χ2n) is 5.12. The zero-order chi connectivity index (χ0) is 19.5. The smallest absolute Gasteiger partial charge is 0.266 e. The Morgan fingerprint density at radius 2 is 1.96 bits per heavy atom. The number of aromatic nitrogens is 2. The second kappa shape index (κ2) is 7.22. The lowest BCUT2D eigenvalue weighted by Crippen LogP contribution is -2.18. The van der Waals surface area contributed by atoms with Crippen LogP contribution >= 0.6 is 0 Å². The summed E-state index contributed by atoms with van der Waals surface area (Å²) in [6.45, 7) is 1.48. The van der Waals surface area contributed by atoms with E-state index in [1.54, 1.807) is 0 Å². The topological polar surface area (TPSA) is 143 Å². The molecule has 0 fully saturated rings. The van der Waals surface area contributed by atoms with E-state index in [1.165, 1.54) is 50.2 Å². The van der Waals surface area contributed by atoms with Gasteiger partial charge in [-0.25, -0.2) is 16.8 Å². The van der Waals surface area contributed by atoms with Gasteiger partial charge in [0.05, 0.1) is 24.7 Å². The van der Waals surface area contributed by atoms with Crippen LogP contribution in [-0.2, 0) is 27.1 Å². The van der Waals surface area contributed by atoms with Crippen molar-refractivity contribution < 1.29 is 21.6 Å². The highest BCUT2D eigenvalue weighted by Crippen LogP contribution is 2.29. The van der Waals surface area contributed by atoms with Crippen molar-refractivity contribution in [3.63, 3.8) is 0 Å². The van der Waals surface area contributed by atoms with Gasteiger partial charge >= 0.3 is 0 Å². The fourth-order valence-corrected chi connectivity index (χ4v) is 3.92. The Balaban J connectivity index is 2.43. The average Bonchev–Trinajstić information content (AvgIpc) is 2.93. The van der Waals surface area contributed by atoms with Crippen molar-refractivity contribution in [2.75, 3.05) is 22.3 Å². The highest BCUT2D eigenvalue weighted by atomic mass is 32.2. The molecule has 2 N–H and O–H groups in total. The number of hydrogen-bond donors (Lipinski definition) is 2. The third-order valence-corrected chi connectivity index (χ3v) is 6.08. The Hall–Kier alpha value is -2.78. The van der Waals surface area contributed by atoms with Crippen LogP contribution in [-0.4, -0.2) is 39.5 Å². The van der Waals surface area contributed by atoms with Gasteiger partial charge in [-0.05, 0) is 19.1 Å². The van der Waals surface area contributed by atoms with E-state index >= 15 is 0 Å². The molecular formula is C14H17N5O5S2.